The molecule has 1 aliphatic carbocycles. The Morgan fingerprint density at radius 1 is 1.44 bits per heavy atom. The van der Waals surface area contributed by atoms with Gasteiger partial charge in [-0.3, -0.25) is 0 Å². The van der Waals surface area contributed by atoms with Crippen LogP contribution in [0, 0.1) is 5.41 Å². The first kappa shape index (κ1) is 7.36. The molecular weight excluding hydrogens is 134 g/mol. The highest BCUT2D eigenvalue weighted by atomic mass is 35.5. The van der Waals surface area contributed by atoms with E-state index in [0.717, 1.165) is 11.5 Å². The molecule has 1 heterocycles. The summed E-state index contributed by atoms with van der Waals surface area (Å²) in [6.07, 6.45) is 4.42. The number of nitrogens with one attached hydrogen (secondary N) is 1. The van der Waals surface area contributed by atoms with Crippen molar-refractivity contribution in [1.82, 2.24) is 5.32 Å². The molecule has 1 nitrogen and oxygen atoms in total. The summed E-state index contributed by atoms with van der Waals surface area (Å²) >= 11 is 0. The van der Waals surface area contributed by atoms with E-state index >= 15 is 0 Å². The lowest BCUT2D eigenvalue weighted by atomic mass is 10.0. The lowest BCUT2D eigenvalue weighted by Gasteiger charge is -1.99. The van der Waals surface area contributed by atoms with E-state index in [9.17, 15) is 0 Å². The third-order valence-corrected chi connectivity index (χ3v) is 2.52. The average molecular weight is 148 g/mol. The highest BCUT2D eigenvalue weighted by Gasteiger charge is 2.46. The van der Waals surface area contributed by atoms with Crippen molar-refractivity contribution < 1.29 is 0 Å². The van der Waals surface area contributed by atoms with Gasteiger partial charge in [-0.25, -0.2) is 0 Å². The predicted molar refractivity (Wildman–Crippen MR) is 41.0 cm³/mol. The maximum absolute atomic E-state index is 3.47. The summed E-state index contributed by atoms with van der Waals surface area (Å²) < 4.78 is 0. The molecule has 54 valence electrons. The molecule has 1 saturated heterocycles. The predicted octanol–water partition coefficient (Wildman–Crippen LogP) is 1.57. The van der Waals surface area contributed by atoms with Crippen LogP contribution in [-0.4, -0.2) is 12.6 Å². The van der Waals surface area contributed by atoms with Crippen molar-refractivity contribution in [2.75, 3.05) is 6.54 Å². The molecule has 2 fully saturated rings. The van der Waals surface area contributed by atoms with Crippen molar-refractivity contribution in [3.8, 4) is 0 Å². The largest absolute Gasteiger partial charge is 0.314 e. The van der Waals surface area contributed by atoms with Crippen LogP contribution >= 0.6 is 12.4 Å². The molecule has 0 amide bonds. The molecule has 0 bridgehead atoms. The van der Waals surface area contributed by atoms with E-state index in [4.69, 9.17) is 0 Å². The monoisotopic (exact) mass is 147 g/mol. The molecule has 2 rings (SSSR count). The highest BCUT2D eigenvalue weighted by Crippen LogP contribution is 2.51. The Kier molecular flexibility index (Phi) is 1.75. The summed E-state index contributed by atoms with van der Waals surface area (Å²) in [7, 11) is 0. The summed E-state index contributed by atoms with van der Waals surface area (Å²) in [5.41, 5.74) is 0.805. The van der Waals surface area contributed by atoms with Crippen LogP contribution in [0.2, 0.25) is 0 Å². The quantitative estimate of drug-likeness (QED) is 0.549. The first-order chi connectivity index (χ1) is 3.81. The van der Waals surface area contributed by atoms with Gasteiger partial charge in [-0.05, 0) is 31.6 Å². The molecule has 0 aromatic carbocycles. The van der Waals surface area contributed by atoms with Crippen molar-refractivity contribution in [3.05, 3.63) is 0 Å². The van der Waals surface area contributed by atoms with Crippen LogP contribution in [0.3, 0.4) is 0 Å². The molecule has 2 heteroatoms. The van der Waals surface area contributed by atoms with Crippen LogP contribution in [0.5, 0.6) is 0 Å². The lowest BCUT2D eigenvalue weighted by Crippen LogP contribution is -2.16. The number of halogens is 1. The first-order valence-electron chi connectivity index (χ1n) is 3.54. The van der Waals surface area contributed by atoms with Crippen LogP contribution in [-0.2, 0) is 0 Å². The van der Waals surface area contributed by atoms with Crippen LogP contribution in [0.4, 0.5) is 0 Å². The molecule has 0 aromatic rings. The second-order valence-electron chi connectivity index (χ2n) is 3.49. The number of hydrogen-bond acceptors (Lipinski definition) is 1. The van der Waals surface area contributed by atoms with E-state index in [1.165, 1.54) is 25.8 Å². The van der Waals surface area contributed by atoms with Gasteiger partial charge in [0.05, 0.1) is 0 Å². The van der Waals surface area contributed by atoms with Crippen LogP contribution in [0.15, 0.2) is 0 Å². The number of rotatable bonds is 0. The van der Waals surface area contributed by atoms with Crippen LogP contribution < -0.4 is 5.32 Å². The van der Waals surface area contributed by atoms with Crippen molar-refractivity contribution in [1.29, 1.82) is 0 Å². The SMILES string of the molecule is C[C@@H]1CC2(CC2)CN1.Cl. The Morgan fingerprint density at radius 3 is 2.33 bits per heavy atom. The molecule has 1 spiro atoms. The summed E-state index contributed by atoms with van der Waals surface area (Å²) in [5, 5.41) is 3.47. The third kappa shape index (κ3) is 1.22. The van der Waals surface area contributed by atoms with Gasteiger partial charge < -0.3 is 5.32 Å². The molecule has 1 N–H and O–H groups in total. The maximum Gasteiger partial charge on any atom is 0.00447 e. The molecule has 9 heavy (non-hydrogen) atoms. The zero-order valence-electron chi connectivity index (χ0n) is 5.81. The molecule has 0 aromatic heterocycles. The summed E-state index contributed by atoms with van der Waals surface area (Å²) in [6, 6.07) is 0.803. The van der Waals surface area contributed by atoms with Gasteiger partial charge in [0, 0.05) is 12.6 Å². The first-order valence-corrected chi connectivity index (χ1v) is 3.54. The fourth-order valence-corrected chi connectivity index (χ4v) is 1.74. The van der Waals surface area contributed by atoms with Gasteiger partial charge in [-0.15, -0.1) is 12.4 Å². The van der Waals surface area contributed by atoms with Gasteiger partial charge in [0.15, 0.2) is 0 Å². The molecule has 0 unspecified atom stereocenters. The van der Waals surface area contributed by atoms with E-state index in [1.54, 1.807) is 0 Å². The molecule has 2 aliphatic rings. The Balaban J connectivity index is 0.000000405. The zero-order valence-corrected chi connectivity index (χ0v) is 6.63. The van der Waals surface area contributed by atoms with Gasteiger partial charge in [0.25, 0.3) is 0 Å². The third-order valence-electron chi connectivity index (χ3n) is 2.52. The highest BCUT2D eigenvalue weighted by molar-refractivity contribution is 5.85. The molecule has 1 aliphatic heterocycles. The van der Waals surface area contributed by atoms with E-state index in [1.807, 2.05) is 0 Å². The van der Waals surface area contributed by atoms with E-state index in [0.29, 0.717) is 0 Å². The Labute approximate surface area is 62.6 Å². The van der Waals surface area contributed by atoms with E-state index in [-0.39, 0.29) is 12.4 Å². The average Bonchev–Trinajstić information content (AvgIpc) is 2.34. The fourth-order valence-electron chi connectivity index (χ4n) is 1.74. The minimum Gasteiger partial charge on any atom is -0.314 e. The topological polar surface area (TPSA) is 12.0 Å². The van der Waals surface area contributed by atoms with Crippen LogP contribution in [0.1, 0.15) is 26.2 Å². The van der Waals surface area contributed by atoms with Crippen LogP contribution in [0.25, 0.3) is 0 Å². The lowest BCUT2D eigenvalue weighted by molar-refractivity contribution is 0.557. The standard InChI is InChI=1S/C7H13N.ClH/c1-6-4-7(2-3-7)5-8-6;/h6,8H,2-5H2,1H3;1H/t6-;/m1./s1. The smallest absolute Gasteiger partial charge is 0.00447 e. The normalized spacial score (nSPS) is 36.3. The van der Waals surface area contributed by atoms with Gasteiger partial charge in [0.2, 0.25) is 0 Å². The Hall–Kier alpha value is 0.250. The summed E-state index contributed by atoms with van der Waals surface area (Å²) in [6.45, 7) is 3.58. The molecular formula is C7H14ClN. The van der Waals surface area contributed by atoms with Crippen molar-refractivity contribution in [3.63, 3.8) is 0 Å². The summed E-state index contributed by atoms with van der Waals surface area (Å²) in [5.74, 6) is 0. The van der Waals surface area contributed by atoms with E-state index in [2.05, 4.69) is 12.2 Å². The molecule has 1 saturated carbocycles. The van der Waals surface area contributed by atoms with Gasteiger partial charge >= 0.3 is 0 Å². The van der Waals surface area contributed by atoms with Crippen molar-refractivity contribution in [2.45, 2.75) is 32.2 Å². The van der Waals surface area contributed by atoms with Gasteiger partial charge in [0.1, 0.15) is 0 Å². The maximum atomic E-state index is 3.47. The Bertz CT molecular complexity index is 109. The molecule has 1 atom stereocenters. The van der Waals surface area contributed by atoms with Crippen molar-refractivity contribution in [2.24, 2.45) is 5.41 Å². The van der Waals surface area contributed by atoms with Gasteiger partial charge in [-0.1, -0.05) is 0 Å². The second kappa shape index (κ2) is 2.14. The second-order valence-corrected chi connectivity index (χ2v) is 3.49. The van der Waals surface area contributed by atoms with Crippen molar-refractivity contribution >= 4 is 12.4 Å². The minimum atomic E-state index is 0. The van der Waals surface area contributed by atoms with E-state index < -0.39 is 0 Å². The summed E-state index contributed by atoms with van der Waals surface area (Å²) in [4.78, 5) is 0. The van der Waals surface area contributed by atoms with Gasteiger partial charge in [-0.2, -0.15) is 0 Å². The molecule has 0 radical (unpaired) electrons. The minimum absolute atomic E-state index is 0. The fraction of sp³-hybridized carbons (Fsp3) is 1.00. The number of hydrogen-bond donors (Lipinski definition) is 1. The zero-order chi connectivity index (χ0) is 5.61. The Morgan fingerprint density at radius 2 is 2.11 bits per heavy atom.